The smallest absolute Gasteiger partial charge is 0.130 e. The summed E-state index contributed by atoms with van der Waals surface area (Å²) >= 11 is 3.33. The Bertz CT molecular complexity index is 709. The van der Waals surface area contributed by atoms with Gasteiger partial charge in [0.2, 0.25) is 0 Å². The van der Waals surface area contributed by atoms with E-state index in [0.29, 0.717) is 11.8 Å². The van der Waals surface area contributed by atoms with Crippen LogP contribution in [0.4, 0.5) is 5.69 Å². The molecule has 0 aromatic heterocycles. The molecule has 28 heavy (non-hydrogen) atoms. The van der Waals surface area contributed by atoms with E-state index in [1.807, 2.05) is 12.3 Å². The number of nitrogens with zero attached hydrogens (tertiary/aromatic N) is 1. The molecule has 3 rings (SSSR count). The van der Waals surface area contributed by atoms with Gasteiger partial charge in [-0.3, -0.25) is 4.72 Å². The molecule has 154 valence electrons. The summed E-state index contributed by atoms with van der Waals surface area (Å²) in [6.07, 6.45) is 19.3. The minimum Gasteiger partial charge on any atom is -0.507 e. The third-order valence-electron chi connectivity index (χ3n) is 5.80. The molecule has 1 aliphatic carbocycles. The number of phenolic OH excluding ortho intramolecular Hbond substituents is 1. The Morgan fingerprint density at radius 3 is 2.57 bits per heavy atom. The van der Waals surface area contributed by atoms with E-state index in [2.05, 4.69) is 53.8 Å². The van der Waals surface area contributed by atoms with Crippen molar-refractivity contribution >= 4 is 29.4 Å². The molecule has 2 N–H and O–H groups in total. The average Bonchev–Trinajstić information content (AvgIpc) is 2.88. The monoisotopic (exact) mass is 418 g/mol. The summed E-state index contributed by atoms with van der Waals surface area (Å²) in [5.74, 6) is 0.384. The Kier molecular flexibility index (Phi) is 7.84. The maximum Gasteiger partial charge on any atom is 0.130 e. The molecular formula is C23H34N2OS2. The van der Waals surface area contributed by atoms with Crippen LogP contribution in [0.2, 0.25) is 0 Å². The van der Waals surface area contributed by atoms with Crippen LogP contribution in [-0.4, -0.2) is 29.5 Å². The van der Waals surface area contributed by atoms with Crippen molar-refractivity contribution in [3.05, 3.63) is 36.4 Å². The van der Waals surface area contributed by atoms with Crippen molar-refractivity contribution in [2.45, 2.75) is 80.2 Å². The van der Waals surface area contributed by atoms with Crippen LogP contribution in [0, 0.1) is 0 Å². The highest BCUT2D eigenvalue weighted by Crippen LogP contribution is 2.44. The van der Waals surface area contributed by atoms with Gasteiger partial charge < -0.3 is 10.0 Å². The van der Waals surface area contributed by atoms with E-state index in [4.69, 9.17) is 0 Å². The lowest BCUT2D eigenvalue weighted by atomic mass is 9.86. The zero-order valence-electron chi connectivity index (χ0n) is 17.4. The van der Waals surface area contributed by atoms with Crippen molar-refractivity contribution in [2.75, 3.05) is 17.7 Å². The highest BCUT2D eigenvalue weighted by molar-refractivity contribution is 7.98. The van der Waals surface area contributed by atoms with Crippen molar-refractivity contribution < 1.29 is 5.11 Å². The molecule has 1 aliphatic heterocycles. The zero-order valence-corrected chi connectivity index (χ0v) is 19.0. The van der Waals surface area contributed by atoms with Gasteiger partial charge in [0.25, 0.3) is 0 Å². The van der Waals surface area contributed by atoms with Crippen LogP contribution >= 0.6 is 23.7 Å². The molecule has 1 heterocycles. The first-order valence-corrected chi connectivity index (χ1v) is 12.6. The van der Waals surface area contributed by atoms with Gasteiger partial charge in [-0.2, -0.15) is 0 Å². The van der Waals surface area contributed by atoms with Crippen LogP contribution < -0.4 is 9.62 Å². The normalized spacial score (nSPS) is 20.8. The highest BCUT2D eigenvalue weighted by Gasteiger charge is 2.37. The van der Waals surface area contributed by atoms with Crippen molar-refractivity contribution in [2.24, 2.45) is 0 Å². The van der Waals surface area contributed by atoms with Crippen molar-refractivity contribution in [1.82, 2.24) is 4.72 Å². The number of hydrogen-bond acceptors (Lipinski definition) is 5. The second kappa shape index (κ2) is 10.1. The number of anilines is 1. The molecule has 0 amide bonds. The Morgan fingerprint density at radius 1 is 1.21 bits per heavy atom. The molecular weight excluding hydrogens is 384 g/mol. The highest BCUT2D eigenvalue weighted by atomic mass is 32.2. The number of phenols is 1. The van der Waals surface area contributed by atoms with Crippen LogP contribution in [0.5, 0.6) is 5.75 Å². The van der Waals surface area contributed by atoms with Gasteiger partial charge in [0.15, 0.2) is 0 Å². The molecule has 5 heteroatoms. The summed E-state index contributed by atoms with van der Waals surface area (Å²) in [6, 6.07) is 4.50. The molecule has 1 atom stereocenters. The maximum atomic E-state index is 10.5. The van der Waals surface area contributed by atoms with E-state index in [1.165, 1.54) is 44.2 Å². The second-order valence-electron chi connectivity index (χ2n) is 7.93. The van der Waals surface area contributed by atoms with Crippen LogP contribution in [0.3, 0.4) is 0 Å². The van der Waals surface area contributed by atoms with Crippen LogP contribution in [-0.2, 0) is 0 Å². The van der Waals surface area contributed by atoms with E-state index in [9.17, 15) is 5.11 Å². The van der Waals surface area contributed by atoms with Gasteiger partial charge in [0.1, 0.15) is 5.75 Å². The molecule has 1 unspecified atom stereocenters. The Morgan fingerprint density at radius 2 is 1.96 bits per heavy atom. The Labute approximate surface area is 179 Å². The number of allylic oxidation sites excluding steroid dienone is 2. The van der Waals surface area contributed by atoms with E-state index in [-0.39, 0.29) is 5.54 Å². The lowest BCUT2D eigenvalue weighted by Crippen LogP contribution is -2.52. The lowest BCUT2D eigenvalue weighted by Gasteiger charge is -2.41. The van der Waals surface area contributed by atoms with Crippen molar-refractivity contribution in [3.8, 4) is 5.75 Å². The summed E-state index contributed by atoms with van der Waals surface area (Å²) in [5.41, 5.74) is 1.35. The molecule has 0 saturated carbocycles. The fourth-order valence-corrected chi connectivity index (χ4v) is 5.67. The number of nitrogens with one attached hydrogen (secondary N) is 1. The predicted molar refractivity (Wildman–Crippen MR) is 125 cm³/mol. The van der Waals surface area contributed by atoms with E-state index in [1.54, 1.807) is 23.7 Å². The van der Waals surface area contributed by atoms with Gasteiger partial charge in [-0.05, 0) is 49.6 Å². The van der Waals surface area contributed by atoms with Crippen LogP contribution in [0.15, 0.2) is 46.2 Å². The number of rotatable bonds is 8. The first-order valence-electron chi connectivity index (χ1n) is 10.6. The van der Waals surface area contributed by atoms with Crippen LogP contribution in [0.25, 0.3) is 0 Å². The number of aromatic hydroxyl groups is 1. The Balaban J connectivity index is 2.02. The van der Waals surface area contributed by atoms with Gasteiger partial charge in [-0.25, -0.2) is 0 Å². The maximum absolute atomic E-state index is 10.5. The SMILES string of the molecule is CCCCC1(CCCC)CN(C2C=CC=CC2)c2cc(SC)c(O)cc2SN1. The zero-order chi connectivity index (χ0) is 20.0. The predicted octanol–water partition coefficient (Wildman–Crippen LogP) is 6.53. The lowest BCUT2D eigenvalue weighted by molar-refractivity contribution is 0.317. The molecule has 2 aliphatic rings. The molecule has 0 bridgehead atoms. The van der Waals surface area contributed by atoms with Crippen molar-refractivity contribution in [1.29, 1.82) is 0 Å². The largest absolute Gasteiger partial charge is 0.507 e. The molecule has 1 aromatic rings. The molecule has 0 radical (unpaired) electrons. The second-order valence-corrected chi connectivity index (χ2v) is 9.62. The van der Waals surface area contributed by atoms with Gasteiger partial charge >= 0.3 is 0 Å². The van der Waals surface area contributed by atoms with E-state index < -0.39 is 0 Å². The number of fused-ring (bicyclic) bond motifs is 1. The van der Waals surface area contributed by atoms with Crippen LogP contribution in [0.1, 0.15) is 58.8 Å². The summed E-state index contributed by atoms with van der Waals surface area (Å²) in [4.78, 5) is 4.68. The fraction of sp³-hybridized carbons (Fsp3) is 0.565. The quantitative estimate of drug-likeness (QED) is 0.370. The third-order valence-corrected chi connectivity index (χ3v) is 7.65. The number of benzene rings is 1. The fourth-order valence-electron chi connectivity index (χ4n) is 4.13. The average molecular weight is 419 g/mol. The topological polar surface area (TPSA) is 35.5 Å². The minimum atomic E-state index is 0.0971. The summed E-state index contributed by atoms with van der Waals surface area (Å²) in [5, 5.41) is 10.5. The Hall–Kier alpha value is -1.04. The third kappa shape index (κ3) is 4.92. The van der Waals surface area contributed by atoms with Gasteiger partial charge in [0.05, 0.1) is 16.6 Å². The van der Waals surface area contributed by atoms with Gasteiger partial charge in [-0.1, -0.05) is 63.8 Å². The number of hydrogen-bond donors (Lipinski definition) is 2. The van der Waals surface area contributed by atoms with Gasteiger partial charge in [0, 0.05) is 17.0 Å². The molecule has 0 fully saturated rings. The first-order chi connectivity index (χ1) is 13.6. The molecule has 0 saturated heterocycles. The van der Waals surface area contributed by atoms with Crippen molar-refractivity contribution in [3.63, 3.8) is 0 Å². The van der Waals surface area contributed by atoms with E-state index >= 15 is 0 Å². The standard InChI is InChI=1S/C23H34N2OS2/c1-4-6-13-23(14-7-5-2)17-25(18-11-9-8-10-12-18)19-15-22(27-3)20(26)16-21(19)28-24-23/h8-11,15-16,18,24,26H,4-7,12-14,17H2,1-3H3. The summed E-state index contributed by atoms with van der Waals surface area (Å²) in [6.45, 7) is 5.57. The van der Waals surface area contributed by atoms with Gasteiger partial charge in [-0.15, -0.1) is 11.8 Å². The number of thioether (sulfide) groups is 1. The molecule has 3 nitrogen and oxygen atoms in total. The summed E-state index contributed by atoms with van der Waals surface area (Å²) < 4.78 is 3.87. The molecule has 0 spiro atoms. The number of unbranched alkanes of at least 4 members (excludes halogenated alkanes) is 2. The summed E-state index contributed by atoms with van der Waals surface area (Å²) in [7, 11) is 0. The first kappa shape index (κ1) is 21.7. The minimum absolute atomic E-state index is 0.0971. The molecule has 1 aromatic carbocycles. The van der Waals surface area contributed by atoms with E-state index in [0.717, 1.165) is 22.8 Å².